The van der Waals surface area contributed by atoms with Gasteiger partial charge in [0.1, 0.15) is 5.75 Å². The number of ether oxygens (including phenoxy) is 2. The van der Waals surface area contributed by atoms with E-state index in [0.717, 1.165) is 57.2 Å². The smallest absolute Gasteiger partial charge is 0.173 e. The van der Waals surface area contributed by atoms with Crippen LogP contribution in [0.15, 0.2) is 54.6 Å². The summed E-state index contributed by atoms with van der Waals surface area (Å²) in [6.07, 6.45) is 2.34. The molecule has 8 nitrogen and oxygen atoms in total. The van der Waals surface area contributed by atoms with E-state index in [1.807, 2.05) is 16.8 Å². The summed E-state index contributed by atoms with van der Waals surface area (Å²) in [5.41, 5.74) is 2.44. The number of tetrazole rings is 1. The van der Waals surface area contributed by atoms with Gasteiger partial charge in [-0.2, -0.15) is 0 Å². The Hall–Kier alpha value is -2.97. The number of hydrogen-bond donors (Lipinski definition) is 0. The molecule has 2 fully saturated rings. The maximum atomic E-state index is 5.85. The normalized spacial score (nSPS) is 20.4. The topological polar surface area (TPSA) is 68.5 Å². The highest BCUT2D eigenvalue weighted by atomic mass is 16.5. The molecule has 2 aliphatic rings. The fourth-order valence-corrected chi connectivity index (χ4v) is 4.71. The van der Waals surface area contributed by atoms with E-state index in [1.165, 1.54) is 11.3 Å². The first-order chi connectivity index (χ1) is 15.8. The van der Waals surface area contributed by atoms with Crippen molar-refractivity contribution in [1.29, 1.82) is 0 Å². The van der Waals surface area contributed by atoms with Gasteiger partial charge in [-0.15, -0.1) is 5.10 Å². The minimum Gasteiger partial charge on any atom is -0.497 e. The molecule has 0 amide bonds. The van der Waals surface area contributed by atoms with Crippen LogP contribution in [0.1, 0.15) is 30.3 Å². The van der Waals surface area contributed by atoms with E-state index in [2.05, 4.69) is 67.8 Å². The summed E-state index contributed by atoms with van der Waals surface area (Å²) in [6, 6.07) is 18.9. The number of anilines is 1. The Morgan fingerprint density at radius 1 is 1.03 bits per heavy atom. The largest absolute Gasteiger partial charge is 0.497 e. The van der Waals surface area contributed by atoms with Gasteiger partial charge in [-0.05, 0) is 53.1 Å². The zero-order valence-electron chi connectivity index (χ0n) is 18.5. The van der Waals surface area contributed by atoms with E-state index in [9.17, 15) is 0 Å². The fourth-order valence-electron chi connectivity index (χ4n) is 4.71. The molecule has 2 aromatic carbocycles. The van der Waals surface area contributed by atoms with Crippen molar-refractivity contribution < 1.29 is 9.47 Å². The van der Waals surface area contributed by atoms with Crippen LogP contribution < -0.4 is 9.64 Å². The van der Waals surface area contributed by atoms with Crippen molar-refractivity contribution in [3.8, 4) is 5.75 Å². The van der Waals surface area contributed by atoms with Gasteiger partial charge in [0.25, 0.3) is 0 Å². The van der Waals surface area contributed by atoms with Crippen molar-refractivity contribution in [1.82, 2.24) is 25.1 Å². The van der Waals surface area contributed by atoms with Crippen LogP contribution in [-0.2, 0) is 11.3 Å². The van der Waals surface area contributed by atoms with Gasteiger partial charge >= 0.3 is 0 Å². The Morgan fingerprint density at radius 3 is 2.50 bits per heavy atom. The predicted molar refractivity (Wildman–Crippen MR) is 122 cm³/mol. The first-order valence-corrected chi connectivity index (χ1v) is 11.4. The van der Waals surface area contributed by atoms with Crippen LogP contribution in [0.5, 0.6) is 5.75 Å². The summed E-state index contributed by atoms with van der Waals surface area (Å²) in [7, 11) is 1.69. The second-order valence-electron chi connectivity index (χ2n) is 8.39. The Labute approximate surface area is 188 Å². The summed E-state index contributed by atoms with van der Waals surface area (Å²) in [6.45, 7) is 5.30. The van der Waals surface area contributed by atoms with Crippen molar-refractivity contribution in [3.63, 3.8) is 0 Å². The minimum atomic E-state index is -0.0183. The third kappa shape index (κ3) is 4.47. The lowest BCUT2D eigenvalue weighted by Crippen LogP contribution is -2.48. The number of rotatable bonds is 7. The van der Waals surface area contributed by atoms with Crippen LogP contribution in [0.4, 0.5) is 5.69 Å². The monoisotopic (exact) mass is 434 g/mol. The number of hydrogen-bond acceptors (Lipinski definition) is 7. The molecule has 3 heterocycles. The Morgan fingerprint density at radius 2 is 1.81 bits per heavy atom. The molecule has 0 spiro atoms. The van der Waals surface area contributed by atoms with Gasteiger partial charge < -0.3 is 14.4 Å². The van der Waals surface area contributed by atoms with E-state index in [1.54, 1.807) is 7.11 Å². The van der Waals surface area contributed by atoms with Crippen LogP contribution in [0.2, 0.25) is 0 Å². The van der Waals surface area contributed by atoms with Crippen molar-refractivity contribution in [2.24, 2.45) is 0 Å². The highest BCUT2D eigenvalue weighted by Gasteiger charge is 2.31. The summed E-state index contributed by atoms with van der Waals surface area (Å²) < 4.78 is 13.2. The summed E-state index contributed by atoms with van der Waals surface area (Å²) in [5, 5.41) is 12.9. The molecule has 8 heteroatoms. The van der Waals surface area contributed by atoms with Crippen molar-refractivity contribution >= 4 is 5.69 Å². The van der Waals surface area contributed by atoms with Gasteiger partial charge in [0.05, 0.1) is 25.8 Å². The minimum absolute atomic E-state index is 0.0183. The van der Waals surface area contributed by atoms with Crippen molar-refractivity contribution in [2.75, 3.05) is 44.8 Å². The van der Waals surface area contributed by atoms with Crippen LogP contribution in [0.25, 0.3) is 0 Å². The predicted octanol–water partition coefficient (Wildman–Crippen LogP) is 2.77. The first-order valence-electron chi connectivity index (χ1n) is 11.4. The maximum Gasteiger partial charge on any atom is 0.173 e. The molecule has 0 saturated carbocycles. The van der Waals surface area contributed by atoms with E-state index >= 15 is 0 Å². The molecule has 3 aromatic rings. The van der Waals surface area contributed by atoms with Gasteiger partial charge in [-0.1, -0.05) is 30.3 Å². The number of piperazine rings is 1. The molecule has 32 heavy (non-hydrogen) atoms. The lowest BCUT2D eigenvalue weighted by molar-refractivity contribution is 0.0906. The maximum absolute atomic E-state index is 5.85. The standard InChI is InChI=1S/C24H30N6O2/c1-31-21-11-9-19(10-12-21)23(24-25-26-27-30(24)18-22-8-5-17-32-22)29-15-13-28(14-16-29)20-6-3-2-4-7-20/h2-4,6-7,9-12,22-23H,5,8,13-18H2,1H3/t22-,23+/m0/s1. The highest BCUT2D eigenvalue weighted by molar-refractivity contribution is 5.46. The summed E-state index contributed by atoms with van der Waals surface area (Å²) in [5.74, 6) is 1.72. The number of nitrogens with zero attached hydrogens (tertiary/aromatic N) is 6. The van der Waals surface area contributed by atoms with Crippen LogP contribution >= 0.6 is 0 Å². The van der Waals surface area contributed by atoms with Gasteiger partial charge in [-0.3, -0.25) is 4.90 Å². The van der Waals surface area contributed by atoms with E-state index in [4.69, 9.17) is 9.47 Å². The quantitative estimate of drug-likeness (QED) is 0.566. The molecule has 0 N–H and O–H groups in total. The third-order valence-electron chi connectivity index (χ3n) is 6.44. The van der Waals surface area contributed by atoms with Gasteiger partial charge in [-0.25, -0.2) is 4.68 Å². The molecule has 0 radical (unpaired) electrons. The van der Waals surface area contributed by atoms with Gasteiger partial charge in [0.2, 0.25) is 0 Å². The highest BCUT2D eigenvalue weighted by Crippen LogP contribution is 2.30. The first kappa shape index (κ1) is 20.9. The van der Waals surface area contributed by atoms with E-state index in [0.29, 0.717) is 6.54 Å². The number of benzene rings is 2. The SMILES string of the molecule is COc1ccc([C@H](c2nnnn2C[C@@H]2CCCO2)N2CCN(c3ccccc3)CC2)cc1. The average molecular weight is 435 g/mol. The fraction of sp³-hybridized carbons (Fsp3) is 0.458. The number of methoxy groups -OCH3 is 1. The zero-order valence-corrected chi connectivity index (χ0v) is 18.5. The molecule has 2 saturated heterocycles. The molecule has 1 aromatic heterocycles. The number of para-hydroxylation sites is 1. The molecule has 2 aliphatic heterocycles. The lowest BCUT2D eigenvalue weighted by atomic mass is 10.0. The van der Waals surface area contributed by atoms with Crippen molar-refractivity contribution in [3.05, 3.63) is 66.0 Å². The lowest BCUT2D eigenvalue weighted by Gasteiger charge is -2.40. The van der Waals surface area contributed by atoms with Gasteiger partial charge in [0, 0.05) is 38.5 Å². The van der Waals surface area contributed by atoms with E-state index < -0.39 is 0 Å². The molecule has 0 bridgehead atoms. The molecule has 168 valence electrons. The molecule has 2 atom stereocenters. The van der Waals surface area contributed by atoms with Crippen molar-refractivity contribution in [2.45, 2.75) is 31.5 Å². The Balaban J connectivity index is 1.40. The Bertz CT molecular complexity index is 979. The third-order valence-corrected chi connectivity index (χ3v) is 6.44. The van der Waals surface area contributed by atoms with Gasteiger partial charge in [0.15, 0.2) is 5.82 Å². The average Bonchev–Trinajstić information content (AvgIpc) is 3.54. The Kier molecular flexibility index (Phi) is 6.31. The molecular formula is C24H30N6O2. The summed E-state index contributed by atoms with van der Waals surface area (Å²) in [4.78, 5) is 4.93. The molecule has 0 aliphatic carbocycles. The van der Waals surface area contributed by atoms with E-state index in [-0.39, 0.29) is 12.1 Å². The van der Waals surface area contributed by atoms with Crippen LogP contribution in [-0.4, -0.2) is 71.1 Å². The molecule has 0 unspecified atom stereocenters. The second-order valence-corrected chi connectivity index (χ2v) is 8.39. The zero-order chi connectivity index (χ0) is 21.8. The van der Waals surface area contributed by atoms with Crippen LogP contribution in [0.3, 0.4) is 0 Å². The summed E-state index contributed by atoms with van der Waals surface area (Å²) >= 11 is 0. The second kappa shape index (κ2) is 9.67. The molecular weight excluding hydrogens is 404 g/mol. The van der Waals surface area contributed by atoms with Crippen LogP contribution in [0, 0.1) is 0 Å². The molecule has 5 rings (SSSR count). The number of aromatic nitrogens is 4.